The highest BCUT2D eigenvalue weighted by atomic mass is 32.2. The lowest BCUT2D eigenvalue weighted by Crippen LogP contribution is -2.43. The van der Waals surface area contributed by atoms with Gasteiger partial charge in [0.05, 0.1) is 18.6 Å². The molecule has 148 valence electrons. The number of benzene rings is 1. The molecule has 0 aliphatic heterocycles. The summed E-state index contributed by atoms with van der Waals surface area (Å²) < 4.78 is 7.51. The molecule has 0 fully saturated rings. The number of aromatic nitrogens is 3. The largest absolute Gasteiger partial charge is 0.467 e. The Labute approximate surface area is 169 Å². The van der Waals surface area contributed by atoms with E-state index < -0.39 is 0 Å². The average Bonchev–Trinajstić information content (AvgIpc) is 3.30. The van der Waals surface area contributed by atoms with Crippen molar-refractivity contribution in [3.8, 4) is 11.4 Å². The summed E-state index contributed by atoms with van der Waals surface area (Å²) in [5.41, 5.74) is 1.93. The second-order valence-electron chi connectivity index (χ2n) is 7.42. The van der Waals surface area contributed by atoms with Gasteiger partial charge in [-0.15, -0.1) is 10.2 Å². The fraction of sp³-hybridized carbons (Fsp3) is 0.381. The molecule has 6 nitrogen and oxygen atoms in total. The van der Waals surface area contributed by atoms with Crippen LogP contribution < -0.4 is 5.32 Å². The smallest absolute Gasteiger partial charge is 0.230 e. The van der Waals surface area contributed by atoms with Crippen molar-refractivity contribution in [1.29, 1.82) is 0 Å². The zero-order chi connectivity index (χ0) is 20.1. The zero-order valence-electron chi connectivity index (χ0n) is 16.7. The van der Waals surface area contributed by atoms with Crippen LogP contribution in [-0.4, -0.2) is 32.0 Å². The van der Waals surface area contributed by atoms with E-state index in [1.54, 1.807) is 6.26 Å². The fourth-order valence-electron chi connectivity index (χ4n) is 2.73. The molecule has 28 heavy (non-hydrogen) atoms. The third-order valence-electron chi connectivity index (χ3n) is 4.58. The van der Waals surface area contributed by atoms with E-state index in [1.807, 2.05) is 55.7 Å². The van der Waals surface area contributed by atoms with E-state index in [-0.39, 0.29) is 17.2 Å². The van der Waals surface area contributed by atoms with E-state index >= 15 is 0 Å². The summed E-state index contributed by atoms with van der Waals surface area (Å²) in [7, 11) is 0. The van der Waals surface area contributed by atoms with E-state index in [0.717, 1.165) is 29.1 Å². The molecule has 1 N–H and O–H groups in total. The maximum atomic E-state index is 12.3. The first-order valence-electron chi connectivity index (χ1n) is 9.34. The minimum absolute atomic E-state index is 0.0125. The highest BCUT2D eigenvalue weighted by Gasteiger charge is 2.20. The van der Waals surface area contributed by atoms with E-state index in [1.165, 1.54) is 11.8 Å². The summed E-state index contributed by atoms with van der Waals surface area (Å²) in [5.74, 6) is 1.85. The van der Waals surface area contributed by atoms with Gasteiger partial charge in [-0.1, -0.05) is 42.4 Å². The van der Waals surface area contributed by atoms with Crippen LogP contribution in [0.15, 0.2) is 52.2 Å². The molecule has 0 bridgehead atoms. The number of amides is 1. The predicted molar refractivity (Wildman–Crippen MR) is 111 cm³/mol. The van der Waals surface area contributed by atoms with Crippen LogP contribution in [0, 0.1) is 6.92 Å². The molecule has 0 saturated heterocycles. The van der Waals surface area contributed by atoms with Crippen LogP contribution in [0.4, 0.5) is 0 Å². The van der Waals surface area contributed by atoms with Crippen LogP contribution in [0.2, 0.25) is 0 Å². The SMILES string of the molecule is CCC(C)(C)NC(=O)CSc1nnc(-c2cccc(C)c2)n1Cc1ccco1. The maximum Gasteiger partial charge on any atom is 0.230 e. The molecule has 2 aromatic heterocycles. The highest BCUT2D eigenvalue weighted by Crippen LogP contribution is 2.26. The quantitative estimate of drug-likeness (QED) is 0.573. The van der Waals surface area contributed by atoms with Crippen molar-refractivity contribution >= 4 is 17.7 Å². The Balaban J connectivity index is 1.83. The fourth-order valence-corrected chi connectivity index (χ4v) is 3.46. The van der Waals surface area contributed by atoms with Gasteiger partial charge in [0.2, 0.25) is 5.91 Å². The Morgan fingerprint density at radius 3 is 2.75 bits per heavy atom. The molecule has 2 heterocycles. The van der Waals surface area contributed by atoms with E-state index in [0.29, 0.717) is 11.7 Å². The first-order chi connectivity index (χ1) is 13.4. The summed E-state index contributed by atoms with van der Waals surface area (Å²) in [5, 5.41) is 12.5. The topological polar surface area (TPSA) is 73.0 Å². The molecule has 0 aliphatic carbocycles. The number of hydrogen-bond donors (Lipinski definition) is 1. The number of aryl methyl sites for hydroxylation is 1. The molecule has 3 rings (SSSR count). The van der Waals surface area contributed by atoms with Crippen LogP contribution >= 0.6 is 11.8 Å². The van der Waals surface area contributed by atoms with E-state index in [2.05, 4.69) is 28.5 Å². The Kier molecular flexibility index (Phi) is 6.24. The third kappa shape index (κ3) is 5.04. The molecular formula is C21H26N4O2S. The lowest BCUT2D eigenvalue weighted by atomic mass is 10.0. The summed E-state index contributed by atoms with van der Waals surface area (Å²) in [6.07, 6.45) is 2.52. The Morgan fingerprint density at radius 1 is 1.25 bits per heavy atom. The molecule has 0 radical (unpaired) electrons. The minimum Gasteiger partial charge on any atom is -0.467 e. The Morgan fingerprint density at radius 2 is 2.07 bits per heavy atom. The second kappa shape index (κ2) is 8.65. The molecule has 0 saturated carbocycles. The summed E-state index contributed by atoms with van der Waals surface area (Å²) >= 11 is 1.38. The van der Waals surface area contributed by atoms with Crippen LogP contribution in [0.3, 0.4) is 0 Å². The summed E-state index contributed by atoms with van der Waals surface area (Å²) in [6.45, 7) is 8.65. The monoisotopic (exact) mass is 398 g/mol. The lowest BCUT2D eigenvalue weighted by Gasteiger charge is -2.24. The van der Waals surface area contributed by atoms with Gasteiger partial charge in [0.25, 0.3) is 0 Å². The molecule has 0 aliphatic rings. The van der Waals surface area contributed by atoms with Crippen molar-refractivity contribution in [2.75, 3.05) is 5.75 Å². The summed E-state index contributed by atoms with van der Waals surface area (Å²) in [6, 6.07) is 11.9. The van der Waals surface area contributed by atoms with Gasteiger partial charge < -0.3 is 9.73 Å². The molecule has 7 heteroatoms. The number of carbonyl (C=O) groups excluding carboxylic acids is 1. The number of carbonyl (C=O) groups is 1. The third-order valence-corrected chi connectivity index (χ3v) is 5.55. The van der Waals surface area contributed by atoms with Gasteiger partial charge in [-0.05, 0) is 45.4 Å². The average molecular weight is 399 g/mol. The van der Waals surface area contributed by atoms with Crippen LogP contribution in [0.5, 0.6) is 0 Å². The van der Waals surface area contributed by atoms with Gasteiger partial charge in [-0.3, -0.25) is 9.36 Å². The van der Waals surface area contributed by atoms with Gasteiger partial charge in [0.15, 0.2) is 11.0 Å². The number of nitrogens with one attached hydrogen (secondary N) is 1. The van der Waals surface area contributed by atoms with Crippen LogP contribution in [0.25, 0.3) is 11.4 Å². The van der Waals surface area contributed by atoms with Crippen molar-refractivity contribution in [1.82, 2.24) is 20.1 Å². The van der Waals surface area contributed by atoms with Gasteiger partial charge in [-0.2, -0.15) is 0 Å². The first-order valence-corrected chi connectivity index (χ1v) is 10.3. The van der Waals surface area contributed by atoms with Crippen molar-refractivity contribution < 1.29 is 9.21 Å². The Hall–Kier alpha value is -2.54. The van der Waals surface area contributed by atoms with Gasteiger partial charge in [0.1, 0.15) is 5.76 Å². The number of hydrogen-bond acceptors (Lipinski definition) is 5. The van der Waals surface area contributed by atoms with Crippen molar-refractivity contribution in [2.45, 2.75) is 51.4 Å². The molecule has 0 unspecified atom stereocenters. The number of nitrogens with zero attached hydrogens (tertiary/aromatic N) is 3. The lowest BCUT2D eigenvalue weighted by molar-refractivity contribution is -0.120. The predicted octanol–water partition coefficient (Wildman–Crippen LogP) is 4.29. The van der Waals surface area contributed by atoms with Gasteiger partial charge >= 0.3 is 0 Å². The maximum absolute atomic E-state index is 12.3. The molecule has 1 aromatic carbocycles. The molecule has 3 aromatic rings. The van der Waals surface area contributed by atoms with Crippen molar-refractivity contribution in [2.24, 2.45) is 0 Å². The normalized spacial score (nSPS) is 11.6. The number of furan rings is 1. The highest BCUT2D eigenvalue weighted by molar-refractivity contribution is 7.99. The molecular weight excluding hydrogens is 372 g/mol. The van der Waals surface area contributed by atoms with E-state index in [9.17, 15) is 4.79 Å². The number of thioether (sulfide) groups is 1. The standard InChI is InChI=1S/C21H26N4O2S/c1-5-21(3,4)22-18(26)14-28-20-24-23-19(16-9-6-8-15(2)12-16)25(20)13-17-10-7-11-27-17/h6-12H,5,13-14H2,1-4H3,(H,22,26). The molecule has 0 atom stereocenters. The first kappa shape index (κ1) is 20.2. The minimum atomic E-state index is -0.216. The van der Waals surface area contributed by atoms with Gasteiger partial charge in [0, 0.05) is 11.1 Å². The number of rotatable bonds is 8. The van der Waals surface area contributed by atoms with E-state index in [4.69, 9.17) is 4.42 Å². The second-order valence-corrected chi connectivity index (χ2v) is 8.36. The van der Waals surface area contributed by atoms with Crippen LogP contribution in [-0.2, 0) is 11.3 Å². The van der Waals surface area contributed by atoms with Crippen molar-refractivity contribution in [3.63, 3.8) is 0 Å². The van der Waals surface area contributed by atoms with Gasteiger partial charge in [-0.25, -0.2) is 0 Å². The Bertz CT molecular complexity index is 932. The molecule has 1 amide bonds. The molecule has 0 spiro atoms. The van der Waals surface area contributed by atoms with Crippen LogP contribution in [0.1, 0.15) is 38.5 Å². The van der Waals surface area contributed by atoms with Crippen molar-refractivity contribution in [3.05, 3.63) is 54.0 Å². The summed E-state index contributed by atoms with van der Waals surface area (Å²) in [4.78, 5) is 12.3. The zero-order valence-corrected chi connectivity index (χ0v) is 17.5.